The smallest absolute Gasteiger partial charge is 0.274 e. The maximum Gasteiger partial charge on any atom is 0.274 e. The third-order valence-corrected chi connectivity index (χ3v) is 3.60. The third kappa shape index (κ3) is 3.37. The number of benzene rings is 1. The van der Waals surface area contributed by atoms with Crippen LogP contribution in [0.3, 0.4) is 0 Å². The van der Waals surface area contributed by atoms with Gasteiger partial charge in [-0.15, -0.1) is 0 Å². The molecule has 1 aromatic carbocycles. The molecule has 3 rings (SSSR count). The molecule has 1 unspecified atom stereocenters. The van der Waals surface area contributed by atoms with Gasteiger partial charge in [0.2, 0.25) is 6.10 Å². The molecule has 1 aromatic heterocycles. The lowest BCUT2D eigenvalue weighted by atomic mass is 10.1. The molecule has 0 saturated heterocycles. The second-order valence-electron chi connectivity index (χ2n) is 5.18. The van der Waals surface area contributed by atoms with Crippen molar-refractivity contribution in [2.75, 3.05) is 0 Å². The quantitative estimate of drug-likeness (QED) is 0.666. The van der Waals surface area contributed by atoms with E-state index < -0.39 is 11.0 Å². The van der Waals surface area contributed by atoms with Crippen LogP contribution in [0.5, 0.6) is 0 Å². The molecule has 0 aliphatic carbocycles. The number of nitro benzene ring substituents is 1. The van der Waals surface area contributed by atoms with Crippen LogP contribution in [-0.2, 0) is 16.2 Å². The van der Waals surface area contributed by atoms with Gasteiger partial charge >= 0.3 is 0 Å². The van der Waals surface area contributed by atoms with Gasteiger partial charge < -0.3 is 10.2 Å². The minimum absolute atomic E-state index is 0.0301. The molecule has 1 aliphatic rings. The van der Waals surface area contributed by atoms with Gasteiger partial charge in [0.05, 0.1) is 10.6 Å². The van der Waals surface area contributed by atoms with Gasteiger partial charge in [0.15, 0.2) is 0 Å². The van der Waals surface area contributed by atoms with Gasteiger partial charge in [-0.1, -0.05) is 23.4 Å². The number of aromatic nitrogens is 1. The largest absolute Gasteiger partial charge is 0.382 e. The molecular weight excluding hydrogens is 312 g/mol. The van der Waals surface area contributed by atoms with E-state index in [1.807, 2.05) is 6.07 Å². The number of para-hydroxylation sites is 1. The van der Waals surface area contributed by atoms with Crippen LogP contribution < -0.4 is 5.32 Å². The minimum atomic E-state index is -0.747. The molecule has 122 valence electrons. The van der Waals surface area contributed by atoms with Crippen LogP contribution in [0.4, 0.5) is 5.69 Å². The molecule has 0 bridgehead atoms. The Hall–Kier alpha value is -3.29. The topological polar surface area (TPSA) is 107 Å². The minimum Gasteiger partial charge on any atom is -0.382 e. The Kier molecular flexibility index (Phi) is 4.46. The summed E-state index contributed by atoms with van der Waals surface area (Å²) < 4.78 is 0. The normalized spacial score (nSPS) is 16.2. The zero-order chi connectivity index (χ0) is 16.9. The van der Waals surface area contributed by atoms with E-state index in [2.05, 4.69) is 15.5 Å². The van der Waals surface area contributed by atoms with Gasteiger partial charge in [-0.05, 0) is 12.1 Å². The number of rotatable bonds is 5. The van der Waals surface area contributed by atoms with Crippen molar-refractivity contribution >= 4 is 17.3 Å². The zero-order valence-electron chi connectivity index (χ0n) is 12.6. The van der Waals surface area contributed by atoms with Crippen LogP contribution in [0.25, 0.3) is 0 Å². The van der Waals surface area contributed by atoms with Crippen LogP contribution in [0.2, 0.25) is 0 Å². The van der Waals surface area contributed by atoms with Crippen molar-refractivity contribution in [1.82, 2.24) is 10.3 Å². The molecule has 0 saturated carbocycles. The van der Waals surface area contributed by atoms with E-state index in [9.17, 15) is 14.9 Å². The van der Waals surface area contributed by atoms with Crippen molar-refractivity contribution in [2.24, 2.45) is 5.16 Å². The molecule has 1 atom stereocenters. The maximum atomic E-state index is 12.2. The Labute approximate surface area is 137 Å². The highest BCUT2D eigenvalue weighted by Gasteiger charge is 2.29. The van der Waals surface area contributed by atoms with Crippen LogP contribution >= 0.6 is 0 Å². The lowest BCUT2D eigenvalue weighted by Gasteiger charge is -2.09. The number of pyridine rings is 1. The maximum absolute atomic E-state index is 12.2. The summed E-state index contributed by atoms with van der Waals surface area (Å²) in [5, 5.41) is 17.5. The molecule has 1 N–H and O–H groups in total. The summed E-state index contributed by atoms with van der Waals surface area (Å²) in [6.45, 7) is 0.0536. The molecule has 0 fully saturated rings. The predicted octanol–water partition coefficient (Wildman–Crippen LogP) is 1.80. The predicted molar refractivity (Wildman–Crippen MR) is 85.2 cm³/mol. The SMILES string of the molecule is O=C(NCc1ccccc1[N+](=O)[O-])C1CC(c2cccnc2)=NO1. The first-order chi connectivity index (χ1) is 11.6. The van der Waals surface area contributed by atoms with Crippen LogP contribution in [-0.4, -0.2) is 27.6 Å². The molecule has 24 heavy (non-hydrogen) atoms. The van der Waals surface area contributed by atoms with Crippen molar-refractivity contribution < 1.29 is 14.6 Å². The van der Waals surface area contributed by atoms with Gasteiger partial charge in [0, 0.05) is 42.6 Å². The fourth-order valence-electron chi connectivity index (χ4n) is 2.36. The number of nitrogens with one attached hydrogen (secondary N) is 1. The van der Waals surface area contributed by atoms with Crippen molar-refractivity contribution in [3.63, 3.8) is 0 Å². The fraction of sp³-hybridized carbons (Fsp3) is 0.188. The monoisotopic (exact) mass is 326 g/mol. The molecule has 8 nitrogen and oxygen atoms in total. The van der Waals surface area contributed by atoms with E-state index >= 15 is 0 Å². The molecule has 1 amide bonds. The van der Waals surface area contributed by atoms with Crippen molar-refractivity contribution in [2.45, 2.75) is 19.1 Å². The van der Waals surface area contributed by atoms with Crippen molar-refractivity contribution in [3.05, 3.63) is 70.0 Å². The first-order valence-corrected chi connectivity index (χ1v) is 7.28. The molecule has 0 radical (unpaired) electrons. The third-order valence-electron chi connectivity index (χ3n) is 3.60. The lowest BCUT2D eigenvalue weighted by molar-refractivity contribution is -0.385. The highest BCUT2D eigenvalue weighted by molar-refractivity contribution is 6.03. The molecule has 2 aromatic rings. The summed E-state index contributed by atoms with van der Waals surface area (Å²) in [5.74, 6) is -0.365. The standard InChI is InChI=1S/C16H14N4O4/c21-16(18-10-12-4-1-2-6-14(12)20(22)23)15-8-13(19-24-15)11-5-3-7-17-9-11/h1-7,9,15H,8,10H2,(H,18,21). The number of hydrogen-bond donors (Lipinski definition) is 1. The highest BCUT2D eigenvalue weighted by atomic mass is 16.6. The molecule has 8 heteroatoms. The van der Waals surface area contributed by atoms with Crippen molar-refractivity contribution in [1.29, 1.82) is 0 Å². The summed E-state index contributed by atoms with van der Waals surface area (Å²) >= 11 is 0. The van der Waals surface area contributed by atoms with Gasteiger partial charge in [0.25, 0.3) is 11.6 Å². The van der Waals surface area contributed by atoms with Crippen LogP contribution in [0.15, 0.2) is 53.9 Å². The number of nitrogens with zero attached hydrogens (tertiary/aromatic N) is 3. The van der Waals surface area contributed by atoms with Crippen molar-refractivity contribution in [3.8, 4) is 0 Å². The molecular formula is C16H14N4O4. The van der Waals surface area contributed by atoms with E-state index in [1.165, 1.54) is 6.07 Å². The highest BCUT2D eigenvalue weighted by Crippen LogP contribution is 2.19. The number of hydrogen-bond acceptors (Lipinski definition) is 6. The number of nitro groups is 1. The van der Waals surface area contributed by atoms with Crippen LogP contribution in [0, 0.1) is 10.1 Å². The number of oxime groups is 1. The van der Waals surface area contributed by atoms with E-state index in [0.717, 1.165) is 5.56 Å². The Morgan fingerprint density at radius 3 is 2.92 bits per heavy atom. The Balaban J connectivity index is 1.59. The Bertz CT molecular complexity index is 792. The van der Waals surface area contributed by atoms with Gasteiger partial charge in [0.1, 0.15) is 0 Å². The van der Waals surface area contributed by atoms with Gasteiger partial charge in [-0.2, -0.15) is 0 Å². The van der Waals surface area contributed by atoms with E-state index in [1.54, 1.807) is 36.7 Å². The molecule has 2 heterocycles. The fourth-order valence-corrected chi connectivity index (χ4v) is 2.36. The number of carbonyl (C=O) groups is 1. The summed E-state index contributed by atoms with van der Waals surface area (Å²) in [6, 6.07) is 9.88. The zero-order valence-corrected chi connectivity index (χ0v) is 12.6. The Morgan fingerprint density at radius 2 is 2.17 bits per heavy atom. The first-order valence-electron chi connectivity index (χ1n) is 7.28. The summed E-state index contributed by atoms with van der Waals surface area (Å²) in [6.07, 6.45) is 2.88. The number of amides is 1. The summed E-state index contributed by atoms with van der Waals surface area (Å²) in [7, 11) is 0. The van der Waals surface area contributed by atoms with Gasteiger partial charge in [-0.25, -0.2) is 0 Å². The number of carbonyl (C=O) groups excluding carboxylic acids is 1. The van der Waals surface area contributed by atoms with Crippen LogP contribution in [0.1, 0.15) is 17.5 Å². The second kappa shape index (κ2) is 6.86. The average molecular weight is 326 g/mol. The lowest BCUT2D eigenvalue weighted by Crippen LogP contribution is -2.34. The van der Waals surface area contributed by atoms with E-state index in [4.69, 9.17) is 4.84 Å². The Morgan fingerprint density at radius 1 is 1.33 bits per heavy atom. The molecule has 1 aliphatic heterocycles. The second-order valence-corrected chi connectivity index (χ2v) is 5.18. The summed E-state index contributed by atoms with van der Waals surface area (Å²) in [4.78, 5) is 31.8. The average Bonchev–Trinajstić information content (AvgIpc) is 3.11. The van der Waals surface area contributed by atoms with E-state index in [-0.39, 0.29) is 18.1 Å². The summed E-state index contributed by atoms with van der Waals surface area (Å²) in [5.41, 5.74) is 1.85. The first kappa shape index (κ1) is 15.6. The van der Waals surface area contributed by atoms with E-state index in [0.29, 0.717) is 17.7 Å². The van der Waals surface area contributed by atoms with Gasteiger partial charge in [-0.3, -0.25) is 19.9 Å². The molecule has 0 spiro atoms.